The second-order valence-corrected chi connectivity index (χ2v) is 12.8. The summed E-state index contributed by atoms with van der Waals surface area (Å²) in [7, 11) is 3.22. The van der Waals surface area contributed by atoms with Crippen molar-refractivity contribution in [1.82, 2.24) is 25.2 Å². The summed E-state index contributed by atoms with van der Waals surface area (Å²) in [5.41, 5.74) is 1.88. The van der Waals surface area contributed by atoms with Gasteiger partial charge in [-0.1, -0.05) is 12.8 Å². The second-order valence-electron chi connectivity index (χ2n) is 12.8. The first kappa shape index (κ1) is 31.3. The molecule has 0 unspecified atom stereocenters. The number of alkyl carbamates (subject to hydrolysis) is 1. The fourth-order valence-electron chi connectivity index (χ4n) is 6.51. The molecule has 5 rings (SSSR count). The topological polar surface area (TPSA) is 138 Å². The number of piperidine rings is 1. The van der Waals surface area contributed by atoms with Gasteiger partial charge in [-0.05, 0) is 64.7 Å². The molecule has 12 heteroatoms. The summed E-state index contributed by atoms with van der Waals surface area (Å²) in [5.74, 6) is 1.10. The van der Waals surface area contributed by atoms with Gasteiger partial charge in [0.25, 0.3) is 0 Å². The van der Waals surface area contributed by atoms with E-state index in [1.54, 1.807) is 57.4 Å². The molecule has 0 radical (unpaired) electrons. The van der Waals surface area contributed by atoms with Crippen molar-refractivity contribution in [1.29, 1.82) is 0 Å². The van der Waals surface area contributed by atoms with Crippen LogP contribution in [0.5, 0.6) is 11.5 Å². The average molecular weight is 609 g/mol. The Morgan fingerprint density at radius 3 is 2.39 bits per heavy atom. The molecular weight excluding hydrogens is 564 g/mol. The lowest BCUT2D eigenvalue weighted by atomic mass is 9.73. The molecule has 0 spiro atoms. The van der Waals surface area contributed by atoms with Gasteiger partial charge in [-0.25, -0.2) is 14.8 Å². The number of imidazole rings is 1. The van der Waals surface area contributed by atoms with Crippen molar-refractivity contribution in [3.05, 3.63) is 42.0 Å². The van der Waals surface area contributed by atoms with E-state index >= 15 is 0 Å². The maximum Gasteiger partial charge on any atom is 0.408 e. The largest absolute Gasteiger partial charge is 0.493 e. The summed E-state index contributed by atoms with van der Waals surface area (Å²) in [5, 5.41) is 9.47. The Morgan fingerprint density at radius 1 is 1.05 bits per heavy atom. The van der Waals surface area contributed by atoms with Crippen molar-refractivity contribution in [2.45, 2.75) is 83.4 Å². The van der Waals surface area contributed by atoms with Crippen molar-refractivity contribution in [3.8, 4) is 11.5 Å². The van der Waals surface area contributed by atoms with Crippen LogP contribution in [0, 0.1) is 11.8 Å². The number of fused-ring (bicyclic) bond motifs is 1. The number of carbonyl (C=O) groups excluding carboxylic acids is 3. The van der Waals surface area contributed by atoms with Crippen LogP contribution in [-0.2, 0) is 20.7 Å². The molecule has 2 aliphatic heterocycles. The fourth-order valence-corrected chi connectivity index (χ4v) is 6.51. The summed E-state index contributed by atoms with van der Waals surface area (Å²) in [4.78, 5) is 48.9. The van der Waals surface area contributed by atoms with Crippen molar-refractivity contribution < 1.29 is 28.6 Å². The standard InChI is InChI=1S/C32H44N6O6/c1-32(2,3)44-31(41)35-25(17-21-18-33-19-34-21)30(40)37-14-12-22(13-15-37)38-29(39)24-9-7-6-8-23(24)28(36-38)20-10-11-26(42-4)27(16-20)43-5/h10-11,16,18-19,22-25H,6-9,12-15,17H2,1-5H3,(H,33,34)(H,35,41)/t23-,24+,25-/m0/s1. The lowest BCUT2D eigenvalue weighted by Gasteiger charge is -2.43. The van der Waals surface area contributed by atoms with Crippen LogP contribution in [0.4, 0.5) is 4.79 Å². The molecule has 1 saturated heterocycles. The predicted octanol–water partition coefficient (Wildman–Crippen LogP) is 3.91. The number of rotatable bonds is 8. The van der Waals surface area contributed by atoms with Gasteiger partial charge in [0.05, 0.1) is 32.3 Å². The third-order valence-corrected chi connectivity index (χ3v) is 8.64. The van der Waals surface area contributed by atoms with E-state index in [1.165, 1.54) is 0 Å². The van der Waals surface area contributed by atoms with E-state index in [0.717, 1.165) is 42.7 Å². The summed E-state index contributed by atoms with van der Waals surface area (Å²) in [6.45, 7) is 6.22. The Balaban J connectivity index is 1.32. The van der Waals surface area contributed by atoms with E-state index in [1.807, 2.05) is 18.2 Å². The normalized spacial score (nSPS) is 21.7. The number of amides is 3. The molecule has 0 bridgehead atoms. The molecule has 2 N–H and O–H groups in total. The van der Waals surface area contributed by atoms with Crippen LogP contribution in [0.3, 0.4) is 0 Å². The average Bonchev–Trinajstić information content (AvgIpc) is 3.53. The molecule has 3 atom stereocenters. The first-order valence-corrected chi connectivity index (χ1v) is 15.5. The van der Waals surface area contributed by atoms with E-state index < -0.39 is 17.7 Å². The Kier molecular flexibility index (Phi) is 9.45. The van der Waals surface area contributed by atoms with Gasteiger partial charge in [0, 0.05) is 48.8 Å². The highest BCUT2D eigenvalue weighted by Gasteiger charge is 2.44. The van der Waals surface area contributed by atoms with Crippen LogP contribution >= 0.6 is 0 Å². The zero-order valence-electron chi connectivity index (χ0n) is 26.3. The lowest BCUT2D eigenvalue weighted by Crippen LogP contribution is -2.56. The molecule has 12 nitrogen and oxygen atoms in total. The molecule has 3 aliphatic rings. The number of hydrogen-bond donors (Lipinski definition) is 2. The number of carbonyl (C=O) groups is 3. The number of aromatic nitrogens is 2. The van der Waals surface area contributed by atoms with Crippen molar-refractivity contribution in [2.75, 3.05) is 27.3 Å². The number of nitrogens with zero attached hydrogens (tertiary/aromatic N) is 4. The van der Waals surface area contributed by atoms with E-state index in [0.29, 0.717) is 37.4 Å². The van der Waals surface area contributed by atoms with Crippen LogP contribution in [0.15, 0.2) is 35.8 Å². The zero-order chi connectivity index (χ0) is 31.4. The second kappa shape index (κ2) is 13.3. The number of methoxy groups -OCH3 is 2. The molecule has 44 heavy (non-hydrogen) atoms. The van der Waals surface area contributed by atoms with Gasteiger partial charge >= 0.3 is 6.09 Å². The third kappa shape index (κ3) is 7.00. The molecule has 2 aromatic rings. The maximum atomic E-state index is 13.8. The van der Waals surface area contributed by atoms with E-state index in [-0.39, 0.29) is 36.1 Å². The predicted molar refractivity (Wildman–Crippen MR) is 163 cm³/mol. The van der Waals surface area contributed by atoms with Gasteiger partial charge in [-0.15, -0.1) is 0 Å². The van der Waals surface area contributed by atoms with Gasteiger partial charge in [-0.2, -0.15) is 5.10 Å². The third-order valence-electron chi connectivity index (χ3n) is 8.64. The summed E-state index contributed by atoms with van der Waals surface area (Å²) >= 11 is 0. The molecule has 1 aromatic heterocycles. The molecule has 2 fully saturated rings. The number of likely N-dealkylation sites (tertiary alicyclic amines) is 1. The van der Waals surface area contributed by atoms with Gasteiger partial charge in [0.2, 0.25) is 11.8 Å². The van der Waals surface area contributed by atoms with E-state index in [4.69, 9.17) is 19.3 Å². The Morgan fingerprint density at radius 2 is 1.75 bits per heavy atom. The van der Waals surface area contributed by atoms with Crippen LogP contribution in [-0.4, -0.2) is 88.5 Å². The van der Waals surface area contributed by atoms with Crippen LogP contribution in [0.2, 0.25) is 0 Å². The number of nitrogens with one attached hydrogen (secondary N) is 2. The number of aromatic amines is 1. The van der Waals surface area contributed by atoms with E-state index in [2.05, 4.69) is 15.3 Å². The molecule has 3 amide bonds. The van der Waals surface area contributed by atoms with Gasteiger partial charge in [-0.3, -0.25) is 9.59 Å². The van der Waals surface area contributed by atoms with Crippen molar-refractivity contribution >= 4 is 23.6 Å². The Hall–Kier alpha value is -4.09. The molecular formula is C32H44N6O6. The smallest absolute Gasteiger partial charge is 0.408 e. The van der Waals surface area contributed by atoms with Crippen molar-refractivity contribution in [3.63, 3.8) is 0 Å². The monoisotopic (exact) mass is 608 g/mol. The first-order valence-electron chi connectivity index (χ1n) is 15.5. The number of ether oxygens (including phenoxy) is 3. The maximum absolute atomic E-state index is 13.8. The number of benzene rings is 1. The highest BCUT2D eigenvalue weighted by atomic mass is 16.6. The fraction of sp³-hybridized carbons (Fsp3) is 0.594. The molecule has 238 valence electrons. The summed E-state index contributed by atoms with van der Waals surface area (Å²) in [6.07, 6.45) is 7.81. The van der Waals surface area contributed by atoms with Crippen molar-refractivity contribution in [2.24, 2.45) is 16.9 Å². The Bertz CT molecular complexity index is 1360. The summed E-state index contributed by atoms with van der Waals surface area (Å²) < 4.78 is 16.4. The van der Waals surface area contributed by atoms with Gasteiger partial charge < -0.3 is 29.4 Å². The SMILES string of the molecule is COc1ccc(C2=NN(C3CCN(C(=O)[C@H](Cc4cnc[nH]4)NC(=O)OC(C)(C)C)CC3)C(=O)[C@@H]3CCCC[C@H]23)cc1OC. The molecule has 1 aliphatic carbocycles. The highest BCUT2D eigenvalue weighted by Crippen LogP contribution is 2.40. The number of hydrazone groups is 1. The van der Waals surface area contributed by atoms with Crippen LogP contribution in [0.25, 0.3) is 0 Å². The van der Waals surface area contributed by atoms with Gasteiger partial charge in [0.15, 0.2) is 11.5 Å². The number of H-pyrrole nitrogens is 1. The summed E-state index contributed by atoms with van der Waals surface area (Å²) in [6, 6.07) is 4.85. The zero-order valence-corrected chi connectivity index (χ0v) is 26.3. The number of hydrogen-bond acceptors (Lipinski definition) is 8. The lowest BCUT2D eigenvalue weighted by molar-refractivity contribution is -0.143. The van der Waals surface area contributed by atoms with Crippen LogP contribution < -0.4 is 14.8 Å². The molecule has 1 aromatic carbocycles. The minimum atomic E-state index is -0.823. The quantitative estimate of drug-likeness (QED) is 0.464. The minimum Gasteiger partial charge on any atom is -0.493 e. The molecule has 1 saturated carbocycles. The van der Waals surface area contributed by atoms with E-state index in [9.17, 15) is 14.4 Å². The van der Waals surface area contributed by atoms with Gasteiger partial charge in [0.1, 0.15) is 11.6 Å². The molecule has 3 heterocycles. The van der Waals surface area contributed by atoms with Crippen LogP contribution in [0.1, 0.15) is 70.6 Å². The first-order chi connectivity index (χ1) is 21.1. The Labute approximate surface area is 258 Å². The minimum absolute atomic E-state index is 0.0643. The highest BCUT2D eigenvalue weighted by molar-refractivity contribution is 6.07.